The molecule has 1 saturated heterocycles. The van der Waals surface area contributed by atoms with E-state index in [9.17, 15) is 9.59 Å². The second-order valence-electron chi connectivity index (χ2n) is 10.2. The van der Waals surface area contributed by atoms with Crippen molar-refractivity contribution in [2.75, 3.05) is 71.6 Å². The molecular weight excluding hydrogens is 524 g/mol. The summed E-state index contributed by atoms with van der Waals surface area (Å²) in [6, 6.07) is 7.07. The number of aryl methyl sites for hydroxylation is 1. The second kappa shape index (κ2) is 14.5. The maximum atomic E-state index is 12.8. The lowest BCUT2D eigenvalue weighted by Gasteiger charge is -2.28. The number of benzene rings is 1. The van der Waals surface area contributed by atoms with Gasteiger partial charge in [0.2, 0.25) is 5.91 Å². The Morgan fingerprint density at radius 2 is 1.88 bits per heavy atom. The van der Waals surface area contributed by atoms with Crippen LogP contribution >= 0.6 is 0 Å². The summed E-state index contributed by atoms with van der Waals surface area (Å²) in [6.07, 6.45) is 3.05. The third kappa shape index (κ3) is 8.44. The number of quaternary nitrogens is 1. The first kappa shape index (κ1) is 31.4. The van der Waals surface area contributed by atoms with E-state index in [2.05, 4.69) is 55.2 Å². The average Bonchev–Trinajstić information content (AvgIpc) is 3.32. The standard InChI is InChI=1S/C26H36N10O3.C2H6/c1-27-26(38)23-20(29-19-9-6-8-18(24(19)39-5)25-28-17-34(2)33-25)16-21(31-32-23)30-22(37)10-12-35-11-7-14-36(3,4)15-13-35;1-2/h6,8-9,16-17H,7,10-15H2,1-5H3,(H2-,27,29,30,31,37,38);1-2H3/p+1. The molecule has 1 aliphatic rings. The largest absolute Gasteiger partial charge is 0.494 e. The molecule has 0 radical (unpaired) electrons. The van der Waals surface area contributed by atoms with E-state index in [0.29, 0.717) is 41.5 Å². The Balaban J connectivity index is 0.00000226. The fourth-order valence-corrected chi connectivity index (χ4v) is 4.52. The minimum atomic E-state index is -0.424. The predicted octanol–water partition coefficient (Wildman–Crippen LogP) is 2.52. The SMILES string of the molecule is CC.CNC(=O)c1nnc(NC(=O)CCN2CCC[N+](C)(C)CC2)cc1Nc1cccc(-c2ncn(C)n2)c1OC. The lowest BCUT2D eigenvalue weighted by Crippen LogP contribution is -2.42. The van der Waals surface area contributed by atoms with Crippen LogP contribution < -0.4 is 20.7 Å². The number of nitrogens with one attached hydrogen (secondary N) is 3. The number of ether oxygens (including phenoxy) is 1. The normalized spacial score (nSPS) is 14.7. The van der Waals surface area contributed by atoms with Crippen LogP contribution in [0.1, 0.15) is 37.2 Å². The van der Waals surface area contributed by atoms with Gasteiger partial charge in [0.05, 0.1) is 51.2 Å². The molecule has 0 aliphatic carbocycles. The Labute approximate surface area is 241 Å². The molecule has 4 rings (SSSR count). The van der Waals surface area contributed by atoms with Gasteiger partial charge >= 0.3 is 0 Å². The molecule has 0 saturated carbocycles. The van der Waals surface area contributed by atoms with Gasteiger partial charge in [0.15, 0.2) is 23.1 Å². The highest BCUT2D eigenvalue weighted by molar-refractivity contribution is 5.99. The number of amides is 2. The molecule has 3 aromatic rings. The van der Waals surface area contributed by atoms with Crippen LogP contribution in [-0.4, -0.2) is 107 Å². The summed E-state index contributed by atoms with van der Waals surface area (Å²) in [4.78, 5) is 32.0. The van der Waals surface area contributed by atoms with Gasteiger partial charge in [0, 0.05) is 52.6 Å². The van der Waals surface area contributed by atoms with Crippen molar-refractivity contribution >= 4 is 29.0 Å². The van der Waals surface area contributed by atoms with Crippen molar-refractivity contribution in [1.29, 1.82) is 0 Å². The average molecular weight is 568 g/mol. The number of methoxy groups -OCH3 is 1. The zero-order valence-electron chi connectivity index (χ0n) is 25.2. The van der Waals surface area contributed by atoms with E-state index in [0.717, 1.165) is 37.1 Å². The molecule has 3 heterocycles. The predicted molar refractivity (Wildman–Crippen MR) is 159 cm³/mol. The van der Waals surface area contributed by atoms with Crippen LogP contribution in [0, 0.1) is 0 Å². The van der Waals surface area contributed by atoms with Crippen molar-refractivity contribution in [3.05, 3.63) is 36.3 Å². The maximum Gasteiger partial charge on any atom is 0.273 e. The van der Waals surface area contributed by atoms with Gasteiger partial charge in [0.1, 0.15) is 6.33 Å². The van der Waals surface area contributed by atoms with Gasteiger partial charge in [-0.25, -0.2) is 4.98 Å². The molecule has 13 heteroatoms. The molecule has 1 fully saturated rings. The Morgan fingerprint density at radius 3 is 2.56 bits per heavy atom. The zero-order valence-corrected chi connectivity index (χ0v) is 25.2. The summed E-state index contributed by atoms with van der Waals surface area (Å²) < 4.78 is 8.28. The van der Waals surface area contributed by atoms with Gasteiger partial charge in [-0.2, -0.15) is 5.10 Å². The Morgan fingerprint density at radius 1 is 1.10 bits per heavy atom. The number of nitrogens with zero attached hydrogens (tertiary/aromatic N) is 7. The number of anilines is 3. The highest BCUT2D eigenvalue weighted by Gasteiger charge is 2.23. The molecule has 1 aliphatic heterocycles. The molecule has 13 nitrogen and oxygen atoms in total. The van der Waals surface area contributed by atoms with Crippen LogP contribution in [0.5, 0.6) is 5.75 Å². The highest BCUT2D eigenvalue weighted by Crippen LogP contribution is 2.37. The Kier molecular flexibility index (Phi) is 11.1. The third-order valence-corrected chi connectivity index (χ3v) is 6.75. The summed E-state index contributed by atoms with van der Waals surface area (Å²) in [5, 5.41) is 21.2. The molecule has 0 unspecified atom stereocenters. The maximum absolute atomic E-state index is 12.8. The van der Waals surface area contributed by atoms with E-state index in [4.69, 9.17) is 4.74 Å². The van der Waals surface area contributed by atoms with Crippen LogP contribution in [0.2, 0.25) is 0 Å². The number of rotatable bonds is 9. The van der Waals surface area contributed by atoms with E-state index in [-0.39, 0.29) is 17.4 Å². The molecule has 0 spiro atoms. The molecule has 1 aromatic carbocycles. The van der Waals surface area contributed by atoms with Gasteiger partial charge in [-0.05, 0) is 12.1 Å². The van der Waals surface area contributed by atoms with Gasteiger partial charge < -0.3 is 25.2 Å². The third-order valence-electron chi connectivity index (χ3n) is 6.75. The quantitative estimate of drug-likeness (QED) is 0.333. The van der Waals surface area contributed by atoms with E-state index in [1.807, 2.05) is 26.0 Å². The van der Waals surface area contributed by atoms with Crippen molar-refractivity contribution in [1.82, 2.24) is 35.2 Å². The van der Waals surface area contributed by atoms with E-state index >= 15 is 0 Å². The number of hydrogen-bond acceptors (Lipinski definition) is 9. The van der Waals surface area contributed by atoms with Crippen molar-refractivity contribution in [2.45, 2.75) is 26.7 Å². The first-order valence-corrected chi connectivity index (χ1v) is 13.9. The van der Waals surface area contributed by atoms with E-state index < -0.39 is 5.91 Å². The fraction of sp³-hybridized carbons (Fsp3) is 0.500. The molecule has 0 atom stereocenters. The molecule has 222 valence electrons. The van der Waals surface area contributed by atoms with Crippen molar-refractivity contribution in [2.24, 2.45) is 7.05 Å². The number of carbonyl (C=O) groups excluding carboxylic acids is 2. The topological polar surface area (TPSA) is 139 Å². The van der Waals surface area contributed by atoms with Gasteiger partial charge in [0.25, 0.3) is 5.91 Å². The van der Waals surface area contributed by atoms with Crippen molar-refractivity contribution < 1.29 is 18.8 Å². The van der Waals surface area contributed by atoms with E-state index in [1.54, 1.807) is 37.3 Å². The number of hydrogen-bond donors (Lipinski definition) is 3. The molecule has 41 heavy (non-hydrogen) atoms. The van der Waals surface area contributed by atoms with Crippen LogP contribution in [0.15, 0.2) is 30.6 Å². The number of likely N-dealkylation sites (N-methyl/N-ethyl adjacent to an activating group) is 1. The molecule has 0 bridgehead atoms. The molecule has 2 amide bonds. The summed E-state index contributed by atoms with van der Waals surface area (Å²) in [6.45, 7) is 8.82. The first-order chi connectivity index (χ1) is 19.7. The number of para-hydroxylation sites is 1. The molecule has 2 aromatic heterocycles. The van der Waals surface area contributed by atoms with Crippen LogP contribution in [-0.2, 0) is 11.8 Å². The smallest absolute Gasteiger partial charge is 0.273 e. The number of carbonyl (C=O) groups is 2. The zero-order chi connectivity index (χ0) is 30.0. The monoisotopic (exact) mass is 567 g/mol. The molecule has 3 N–H and O–H groups in total. The summed E-state index contributed by atoms with van der Waals surface area (Å²) in [5.41, 5.74) is 1.68. The summed E-state index contributed by atoms with van der Waals surface area (Å²) in [7, 11) is 9.33. The second-order valence-corrected chi connectivity index (χ2v) is 10.2. The number of aromatic nitrogens is 5. The van der Waals surface area contributed by atoms with Gasteiger partial charge in [-0.3, -0.25) is 19.2 Å². The highest BCUT2D eigenvalue weighted by atomic mass is 16.5. The lowest BCUT2D eigenvalue weighted by atomic mass is 10.1. The minimum absolute atomic E-state index is 0.0734. The van der Waals surface area contributed by atoms with Crippen molar-refractivity contribution in [3.8, 4) is 17.1 Å². The fourth-order valence-electron chi connectivity index (χ4n) is 4.52. The van der Waals surface area contributed by atoms with Gasteiger partial charge in [-0.1, -0.05) is 19.9 Å². The van der Waals surface area contributed by atoms with Crippen LogP contribution in [0.3, 0.4) is 0 Å². The van der Waals surface area contributed by atoms with Crippen molar-refractivity contribution in [3.63, 3.8) is 0 Å². The van der Waals surface area contributed by atoms with Gasteiger partial charge in [-0.15, -0.1) is 10.2 Å². The summed E-state index contributed by atoms with van der Waals surface area (Å²) in [5.74, 6) is 0.643. The minimum Gasteiger partial charge on any atom is -0.494 e. The lowest BCUT2D eigenvalue weighted by molar-refractivity contribution is -0.888. The van der Waals surface area contributed by atoms with Crippen LogP contribution in [0.4, 0.5) is 17.2 Å². The Hall–Kier alpha value is -4.10. The van der Waals surface area contributed by atoms with Crippen LogP contribution in [0.25, 0.3) is 11.4 Å². The Bertz CT molecular complexity index is 1320. The van der Waals surface area contributed by atoms with E-state index in [1.165, 1.54) is 7.05 Å². The summed E-state index contributed by atoms with van der Waals surface area (Å²) >= 11 is 0. The molecular formula is C28H43N10O3+. The first-order valence-electron chi connectivity index (χ1n) is 13.9.